The fourth-order valence-electron chi connectivity index (χ4n) is 1.40. The van der Waals surface area contributed by atoms with E-state index >= 15 is 0 Å². The summed E-state index contributed by atoms with van der Waals surface area (Å²) in [7, 11) is 0. The molecule has 1 heterocycles. The third-order valence-corrected chi connectivity index (χ3v) is 3.65. The first-order chi connectivity index (χ1) is 8.34. The Labute approximate surface area is 114 Å². The maximum absolute atomic E-state index is 5.60. The molecule has 1 aromatic carbocycles. The first-order valence-corrected chi connectivity index (χ1v) is 7.13. The summed E-state index contributed by atoms with van der Waals surface area (Å²) in [5.41, 5.74) is 0. The lowest BCUT2D eigenvalue weighted by atomic mass is 10.3. The van der Waals surface area contributed by atoms with Crippen molar-refractivity contribution < 1.29 is 4.74 Å². The first kappa shape index (κ1) is 12.6. The Kier molecular flexibility index (Phi) is 5.04. The monoisotopic (exact) mass is 311 g/mol. The molecule has 0 atom stereocenters. The lowest BCUT2D eigenvalue weighted by Crippen LogP contribution is -2.20. The molecule has 0 aliphatic rings. The van der Waals surface area contributed by atoms with Crippen molar-refractivity contribution in [2.75, 3.05) is 13.2 Å². The molecule has 90 valence electrons. The van der Waals surface area contributed by atoms with Gasteiger partial charge < -0.3 is 10.1 Å². The summed E-state index contributed by atoms with van der Waals surface area (Å²) < 4.78 is 6.67. The Morgan fingerprint density at radius 3 is 2.71 bits per heavy atom. The van der Waals surface area contributed by atoms with Crippen molar-refractivity contribution in [2.24, 2.45) is 0 Å². The summed E-state index contributed by atoms with van der Waals surface area (Å²) in [4.78, 5) is 1.36. The van der Waals surface area contributed by atoms with E-state index in [0.29, 0.717) is 6.61 Å². The molecule has 2 rings (SSSR count). The van der Waals surface area contributed by atoms with Gasteiger partial charge in [0.15, 0.2) is 0 Å². The van der Waals surface area contributed by atoms with Gasteiger partial charge in [-0.15, -0.1) is 11.3 Å². The van der Waals surface area contributed by atoms with E-state index in [2.05, 4.69) is 38.8 Å². The zero-order valence-corrected chi connectivity index (χ0v) is 11.8. The molecule has 0 saturated heterocycles. The maximum Gasteiger partial charge on any atom is 0.119 e. The second-order valence-electron chi connectivity index (χ2n) is 3.56. The van der Waals surface area contributed by atoms with Crippen LogP contribution in [0.25, 0.3) is 0 Å². The molecule has 1 N–H and O–H groups in total. The number of rotatable bonds is 6. The average molecular weight is 312 g/mol. The van der Waals surface area contributed by atoms with Gasteiger partial charge >= 0.3 is 0 Å². The highest BCUT2D eigenvalue weighted by atomic mass is 79.9. The molecule has 2 nitrogen and oxygen atoms in total. The van der Waals surface area contributed by atoms with Crippen LogP contribution >= 0.6 is 27.3 Å². The number of benzene rings is 1. The van der Waals surface area contributed by atoms with Gasteiger partial charge in [-0.05, 0) is 35.7 Å². The van der Waals surface area contributed by atoms with Crippen molar-refractivity contribution >= 4 is 27.3 Å². The summed E-state index contributed by atoms with van der Waals surface area (Å²) in [6.07, 6.45) is 0. The van der Waals surface area contributed by atoms with Crippen LogP contribution in [0.15, 0.2) is 46.3 Å². The molecule has 0 spiro atoms. The number of hydrogen-bond acceptors (Lipinski definition) is 3. The Balaban J connectivity index is 1.61. The molecule has 0 radical (unpaired) electrons. The van der Waals surface area contributed by atoms with Crippen LogP contribution < -0.4 is 10.1 Å². The molecule has 0 aliphatic carbocycles. The molecular formula is C13H14BrNOS. The lowest BCUT2D eigenvalue weighted by molar-refractivity contribution is 0.314. The predicted octanol–water partition coefficient (Wildman–Crippen LogP) is 3.68. The first-order valence-electron chi connectivity index (χ1n) is 5.46. The van der Waals surface area contributed by atoms with E-state index in [9.17, 15) is 0 Å². The van der Waals surface area contributed by atoms with Gasteiger partial charge in [-0.2, -0.15) is 0 Å². The molecular weight excluding hydrogens is 298 g/mol. The fraction of sp³-hybridized carbons (Fsp3) is 0.231. The largest absolute Gasteiger partial charge is 0.492 e. The highest BCUT2D eigenvalue weighted by Gasteiger charge is 1.95. The molecule has 0 aliphatic heterocycles. The van der Waals surface area contributed by atoms with Crippen LogP contribution in [0.1, 0.15) is 4.88 Å². The van der Waals surface area contributed by atoms with Gasteiger partial charge in [0.2, 0.25) is 0 Å². The Morgan fingerprint density at radius 2 is 2.00 bits per heavy atom. The standard InChI is InChI=1S/C13H14BrNOS/c14-11-3-5-12(6-4-11)16-8-7-15-10-13-2-1-9-17-13/h1-6,9,15H,7-8,10H2. The van der Waals surface area contributed by atoms with Crippen molar-refractivity contribution in [3.8, 4) is 5.75 Å². The normalized spacial score (nSPS) is 10.4. The summed E-state index contributed by atoms with van der Waals surface area (Å²) in [5.74, 6) is 0.908. The Hall–Kier alpha value is -0.840. The second-order valence-corrected chi connectivity index (χ2v) is 5.51. The zero-order valence-electron chi connectivity index (χ0n) is 9.36. The second kappa shape index (κ2) is 6.79. The van der Waals surface area contributed by atoms with E-state index in [-0.39, 0.29) is 0 Å². The van der Waals surface area contributed by atoms with Crippen LogP contribution in [0, 0.1) is 0 Å². The molecule has 0 fully saturated rings. The summed E-state index contributed by atoms with van der Waals surface area (Å²) >= 11 is 5.16. The summed E-state index contributed by atoms with van der Waals surface area (Å²) in [6.45, 7) is 2.46. The summed E-state index contributed by atoms with van der Waals surface area (Å²) in [6, 6.07) is 12.1. The zero-order chi connectivity index (χ0) is 11.9. The molecule has 0 bridgehead atoms. The molecule has 4 heteroatoms. The van der Waals surface area contributed by atoms with Gasteiger partial charge in [0.25, 0.3) is 0 Å². The fourth-order valence-corrected chi connectivity index (χ4v) is 2.34. The highest BCUT2D eigenvalue weighted by molar-refractivity contribution is 9.10. The van der Waals surface area contributed by atoms with Gasteiger partial charge in [0.1, 0.15) is 12.4 Å². The Morgan fingerprint density at radius 1 is 1.18 bits per heavy atom. The predicted molar refractivity (Wildman–Crippen MR) is 75.7 cm³/mol. The number of thiophene rings is 1. The van der Waals surface area contributed by atoms with E-state index in [4.69, 9.17) is 4.74 Å². The smallest absolute Gasteiger partial charge is 0.119 e. The van der Waals surface area contributed by atoms with Crippen molar-refractivity contribution in [2.45, 2.75) is 6.54 Å². The molecule has 0 saturated carbocycles. The quantitative estimate of drug-likeness (QED) is 0.822. The highest BCUT2D eigenvalue weighted by Crippen LogP contribution is 2.15. The van der Waals surface area contributed by atoms with Crippen molar-refractivity contribution in [3.63, 3.8) is 0 Å². The molecule has 1 aromatic heterocycles. The number of nitrogens with one attached hydrogen (secondary N) is 1. The molecule has 2 aromatic rings. The lowest BCUT2D eigenvalue weighted by Gasteiger charge is -2.06. The average Bonchev–Trinajstić information content (AvgIpc) is 2.84. The molecule has 17 heavy (non-hydrogen) atoms. The minimum atomic E-state index is 0.688. The maximum atomic E-state index is 5.60. The van der Waals surface area contributed by atoms with Crippen molar-refractivity contribution in [3.05, 3.63) is 51.1 Å². The van der Waals surface area contributed by atoms with Crippen LogP contribution in [0.5, 0.6) is 5.75 Å². The Bertz CT molecular complexity index is 427. The number of hydrogen-bond donors (Lipinski definition) is 1. The topological polar surface area (TPSA) is 21.3 Å². The molecule has 0 amide bonds. The van der Waals surface area contributed by atoms with E-state index < -0.39 is 0 Å². The van der Waals surface area contributed by atoms with E-state index in [0.717, 1.165) is 23.3 Å². The third-order valence-electron chi connectivity index (χ3n) is 2.24. The SMILES string of the molecule is Brc1ccc(OCCNCc2cccs2)cc1. The number of halogens is 1. The van der Waals surface area contributed by atoms with Crippen molar-refractivity contribution in [1.29, 1.82) is 0 Å². The molecule has 0 unspecified atom stereocenters. The van der Waals surface area contributed by atoms with E-state index in [1.165, 1.54) is 4.88 Å². The number of ether oxygens (including phenoxy) is 1. The van der Waals surface area contributed by atoms with Gasteiger partial charge in [-0.3, -0.25) is 0 Å². The van der Waals surface area contributed by atoms with Gasteiger partial charge in [-0.25, -0.2) is 0 Å². The van der Waals surface area contributed by atoms with Crippen LogP contribution in [-0.4, -0.2) is 13.2 Å². The van der Waals surface area contributed by atoms with Gasteiger partial charge in [0.05, 0.1) is 0 Å². The van der Waals surface area contributed by atoms with E-state index in [1.54, 1.807) is 11.3 Å². The van der Waals surface area contributed by atoms with Gasteiger partial charge in [0, 0.05) is 22.4 Å². The van der Waals surface area contributed by atoms with Crippen LogP contribution in [0.3, 0.4) is 0 Å². The third kappa shape index (κ3) is 4.50. The van der Waals surface area contributed by atoms with Gasteiger partial charge in [-0.1, -0.05) is 22.0 Å². The minimum absolute atomic E-state index is 0.688. The van der Waals surface area contributed by atoms with Crippen LogP contribution in [0.2, 0.25) is 0 Å². The summed E-state index contributed by atoms with van der Waals surface area (Å²) in [5, 5.41) is 5.44. The van der Waals surface area contributed by atoms with E-state index in [1.807, 2.05) is 24.3 Å². The van der Waals surface area contributed by atoms with Crippen LogP contribution in [-0.2, 0) is 6.54 Å². The van der Waals surface area contributed by atoms with Crippen molar-refractivity contribution in [1.82, 2.24) is 5.32 Å². The van der Waals surface area contributed by atoms with Crippen LogP contribution in [0.4, 0.5) is 0 Å². The minimum Gasteiger partial charge on any atom is -0.492 e.